The van der Waals surface area contributed by atoms with Gasteiger partial charge >= 0.3 is 0 Å². The maximum absolute atomic E-state index is 4.33. The molecule has 4 heteroatoms. The maximum Gasteiger partial charge on any atom is 0.0951 e. The molecule has 0 aliphatic rings. The Bertz CT molecular complexity index is 539. The van der Waals surface area contributed by atoms with Gasteiger partial charge < -0.3 is 9.88 Å². The van der Waals surface area contributed by atoms with Gasteiger partial charge in [-0.05, 0) is 46.9 Å². The molecule has 0 fully saturated rings. The molecule has 2 heterocycles. The average Bonchev–Trinajstić information content (AvgIpc) is 2.98. The SMILES string of the molecule is CNC(C)(C)c1cncn1C(C)Cc1ccc(C)s1. The molecule has 0 aromatic carbocycles. The summed E-state index contributed by atoms with van der Waals surface area (Å²) in [4.78, 5) is 7.15. The summed E-state index contributed by atoms with van der Waals surface area (Å²) < 4.78 is 2.28. The van der Waals surface area contributed by atoms with Crippen LogP contribution >= 0.6 is 11.3 Å². The van der Waals surface area contributed by atoms with E-state index < -0.39 is 0 Å². The number of aryl methyl sites for hydroxylation is 1. The fraction of sp³-hybridized carbons (Fsp3) is 0.533. The largest absolute Gasteiger partial charge is 0.330 e. The molecule has 0 aliphatic carbocycles. The Balaban J connectivity index is 2.20. The molecule has 0 bridgehead atoms. The van der Waals surface area contributed by atoms with Crippen molar-refractivity contribution in [2.75, 3.05) is 7.05 Å². The first-order valence-corrected chi connectivity index (χ1v) is 7.52. The summed E-state index contributed by atoms with van der Waals surface area (Å²) in [5.74, 6) is 0. The predicted octanol–water partition coefficient (Wildman–Crippen LogP) is 3.51. The van der Waals surface area contributed by atoms with Gasteiger partial charge in [0, 0.05) is 22.2 Å². The summed E-state index contributed by atoms with van der Waals surface area (Å²) >= 11 is 1.88. The molecule has 1 atom stereocenters. The number of nitrogens with zero attached hydrogens (tertiary/aromatic N) is 2. The number of hydrogen-bond acceptors (Lipinski definition) is 3. The van der Waals surface area contributed by atoms with Crippen molar-refractivity contribution in [3.8, 4) is 0 Å². The second-order valence-electron chi connectivity index (χ2n) is 5.63. The van der Waals surface area contributed by atoms with E-state index >= 15 is 0 Å². The molecule has 2 rings (SSSR count). The Morgan fingerprint density at radius 3 is 2.74 bits per heavy atom. The second-order valence-corrected chi connectivity index (χ2v) is 7.00. The Kier molecular flexibility index (Phi) is 4.11. The minimum Gasteiger partial charge on any atom is -0.330 e. The quantitative estimate of drug-likeness (QED) is 0.906. The van der Waals surface area contributed by atoms with Crippen molar-refractivity contribution in [1.82, 2.24) is 14.9 Å². The zero-order valence-electron chi connectivity index (χ0n) is 12.4. The Labute approximate surface area is 119 Å². The first-order valence-electron chi connectivity index (χ1n) is 6.70. The summed E-state index contributed by atoms with van der Waals surface area (Å²) in [6.07, 6.45) is 4.97. The van der Waals surface area contributed by atoms with Gasteiger partial charge in [-0.1, -0.05) is 0 Å². The van der Waals surface area contributed by atoms with Crippen molar-refractivity contribution < 1.29 is 0 Å². The third kappa shape index (κ3) is 3.07. The highest BCUT2D eigenvalue weighted by molar-refractivity contribution is 7.11. The van der Waals surface area contributed by atoms with E-state index in [1.54, 1.807) is 0 Å². The molecule has 0 spiro atoms. The third-order valence-electron chi connectivity index (χ3n) is 3.70. The van der Waals surface area contributed by atoms with E-state index in [-0.39, 0.29) is 5.54 Å². The van der Waals surface area contributed by atoms with Crippen LogP contribution in [-0.2, 0) is 12.0 Å². The molecule has 0 radical (unpaired) electrons. The average molecular weight is 277 g/mol. The molecule has 2 aromatic rings. The van der Waals surface area contributed by atoms with Crippen molar-refractivity contribution >= 4 is 11.3 Å². The van der Waals surface area contributed by atoms with Crippen LogP contribution in [0.3, 0.4) is 0 Å². The van der Waals surface area contributed by atoms with Crippen LogP contribution in [-0.4, -0.2) is 16.6 Å². The minimum atomic E-state index is -0.0594. The number of imidazole rings is 1. The smallest absolute Gasteiger partial charge is 0.0951 e. The highest BCUT2D eigenvalue weighted by Crippen LogP contribution is 2.26. The number of rotatable bonds is 5. The molecular formula is C15H23N3S. The molecule has 1 unspecified atom stereocenters. The van der Waals surface area contributed by atoms with Crippen LogP contribution < -0.4 is 5.32 Å². The minimum absolute atomic E-state index is 0.0594. The van der Waals surface area contributed by atoms with Gasteiger partial charge in [-0.15, -0.1) is 11.3 Å². The lowest BCUT2D eigenvalue weighted by atomic mass is 10.0. The van der Waals surface area contributed by atoms with Gasteiger partial charge in [-0.2, -0.15) is 0 Å². The molecule has 0 saturated heterocycles. The van der Waals surface area contributed by atoms with E-state index in [0.717, 1.165) is 6.42 Å². The first-order chi connectivity index (χ1) is 8.94. The number of nitrogens with one attached hydrogen (secondary N) is 1. The zero-order chi connectivity index (χ0) is 14.0. The Morgan fingerprint density at radius 1 is 1.42 bits per heavy atom. The molecule has 0 amide bonds. The molecule has 3 nitrogen and oxygen atoms in total. The number of aromatic nitrogens is 2. The standard InChI is InChI=1S/C15H23N3S/c1-11(8-13-7-6-12(2)19-13)18-10-17-9-14(18)15(3,4)16-5/h6-7,9-11,16H,8H2,1-5H3. The van der Waals surface area contributed by atoms with Crippen LogP contribution in [0.15, 0.2) is 24.7 Å². The van der Waals surface area contributed by atoms with Crippen LogP contribution in [0, 0.1) is 6.92 Å². The van der Waals surface area contributed by atoms with E-state index in [2.05, 4.69) is 54.7 Å². The number of hydrogen-bond donors (Lipinski definition) is 1. The summed E-state index contributed by atoms with van der Waals surface area (Å²) in [5.41, 5.74) is 1.17. The highest BCUT2D eigenvalue weighted by Gasteiger charge is 2.24. The molecule has 19 heavy (non-hydrogen) atoms. The van der Waals surface area contributed by atoms with Crippen molar-refractivity contribution in [3.63, 3.8) is 0 Å². The Hall–Kier alpha value is -1.13. The predicted molar refractivity (Wildman–Crippen MR) is 81.8 cm³/mol. The summed E-state index contributed by atoms with van der Waals surface area (Å²) in [6.45, 7) is 8.78. The summed E-state index contributed by atoms with van der Waals surface area (Å²) in [5, 5.41) is 3.35. The number of thiophene rings is 1. The fourth-order valence-electron chi connectivity index (χ4n) is 2.25. The third-order valence-corrected chi connectivity index (χ3v) is 4.72. The van der Waals surface area contributed by atoms with Crippen molar-refractivity contribution in [1.29, 1.82) is 0 Å². The van der Waals surface area contributed by atoms with Crippen molar-refractivity contribution in [2.24, 2.45) is 0 Å². The lowest BCUT2D eigenvalue weighted by molar-refractivity contribution is 0.389. The van der Waals surface area contributed by atoms with Gasteiger partial charge in [0.25, 0.3) is 0 Å². The van der Waals surface area contributed by atoms with Gasteiger partial charge in [0.2, 0.25) is 0 Å². The Morgan fingerprint density at radius 2 is 2.16 bits per heavy atom. The van der Waals surface area contributed by atoms with E-state index in [0.29, 0.717) is 6.04 Å². The lowest BCUT2D eigenvalue weighted by Crippen LogP contribution is -2.36. The zero-order valence-corrected chi connectivity index (χ0v) is 13.2. The summed E-state index contributed by atoms with van der Waals surface area (Å²) in [6, 6.07) is 4.85. The van der Waals surface area contributed by atoms with Gasteiger partial charge in [0.15, 0.2) is 0 Å². The van der Waals surface area contributed by atoms with E-state index in [1.807, 2.05) is 30.9 Å². The van der Waals surface area contributed by atoms with Crippen LogP contribution in [0.4, 0.5) is 0 Å². The maximum atomic E-state index is 4.33. The van der Waals surface area contributed by atoms with Gasteiger partial charge in [-0.3, -0.25) is 0 Å². The van der Waals surface area contributed by atoms with Gasteiger partial charge in [0.1, 0.15) is 0 Å². The molecule has 1 N–H and O–H groups in total. The van der Waals surface area contributed by atoms with E-state index in [1.165, 1.54) is 15.4 Å². The monoisotopic (exact) mass is 277 g/mol. The molecule has 0 aliphatic heterocycles. The topological polar surface area (TPSA) is 29.9 Å². The van der Waals surface area contributed by atoms with Crippen molar-refractivity contribution in [3.05, 3.63) is 40.1 Å². The lowest BCUT2D eigenvalue weighted by Gasteiger charge is -2.28. The molecule has 0 saturated carbocycles. The van der Waals surface area contributed by atoms with Crippen LogP contribution in [0.5, 0.6) is 0 Å². The van der Waals surface area contributed by atoms with Crippen LogP contribution in [0.25, 0.3) is 0 Å². The van der Waals surface area contributed by atoms with Gasteiger partial charge in [0.05, 0.1) is 23.8 Å². The van der Waals surface area contributed by atoms with Crippen molar-refractivity contribution in [2.45, 2.75) is 45.7 Å². The fourth-order valence-corrected chi connectivity index (χ4v) is 3.26. The summed E-state index contributed by atoms with van der Waals surface area (Å²) in [7, 11) is 1.99. The first kappa shape index (κ1) is 14.3. The normalized spacial score (nSPS) is 13.7. The van der Waals surface area contributed by atoms with E-state index in [9.17, 15) is 0 Å². The highest BCUT2D eigenvalue weighted by atomic mass is 32.1. The second kappa shape index (κ2) is 5.47. The molecule has 2 aromatic heterocycles. The van der Waals surface area contributed by atoms with Crippen LogP contribution in [0.1, 0.15) is 42.3 Å². The molecular weight excluding hydrogens is 254 g/mol. The van der Waals surface area contributed by atoms with E-state index in [4.69, 9.17) is 0 Å². The van der Waals surface area contributed by atoms with Gasteiger partial charge in [-0.25, -0.2) is 4.98 Å². The van der Waals surface area contributed by atoms with Crippen LogP contribution in [0.2, 0.25) is 0 Å². The molecule has 104 valence electrons.